The Balaban J connectivity index is 2.13. The second kappa shape index (κ2) is 6.55. The largest absolute Gasteiger partial charge is 0.369 e. The molecule has 1 aliphatic rings. The van der Waals surface area contributed by atoms with Gasteiger partial charge in [-0.15, -0.1) is 0 Å². The third kappa shape index (κ3) is 4.60. The quantitative estimate of drug-likeness (QED) is 0.914. The molecule has 0 saturated carbocycles. The predicted molar refractivity (Wildman–Crippen MR) is 90.3 cm³/mol. The summed E-state index contributed by atoms with van der Waals surface area (Å²) < 4.78 is 5.96. The number of hydrogen-bond donors (Lipinski definition) is 1. The van der Waals surface area contributed by atoms with Crippen LogP contribution in [0.3, 0.4) is 0 Å². The first-order chi connectivity index (χ1) is 9.77. The van der Waals surface area contributed by atoms with Gasteiger partial charge in [0.2, 0.25) is 0 Å². The van der Waals surface area contributed by atoms with E-state index in [9.17, 15) is 0 Å². The van der Waals surface area contributed by atoms with Crippen molar-refractivity contribution < 1.29 is 4.74 Å². The van der Waals surface area contributed by atoms with Gasteiger partial charge in [-0.1, -0.05) is 31.5 Å². The van der Waals surface area contributed by atoms with E-state index in [4.69, 9.17) is 16.3 Å². The Kier molecular flexibility index (Phi) is 5.18. The molecule has 4 heteroatoms. The van der Waals surface area contributed by atoms with Crippen LogP contribution < -0.4 is 10.2 Å². The molecule has 1 unspecified atom stereocenters. The van der Waals surface area contributed by atoms with Gasteiger partial charge in [0.25, 0.3) is 0 Å². The number of hydrogen-bond acceptors (Lipinski definition) is 3. The lowest BCUT2D eigenvalue weighted by Gasteiger charge is -2.43. The highest BCUT2D eigenvalue weighted by Gasteiger charge is 2.32. The van der Waals surface area contributed by atoms with Crippen molar-refractivity contribution in [2.75, 3.05) is 18.0 Å². The fourth-order valence-electron chi connectivity index (χ4n) is 2.88. The van der Waals surface area contributed by atoms with Crippen LogP contribution in [0.2, 0.25) is 5.02 Å². The fraction of sp³-hybridized carbons (Fsp3) is 0.647. The van der Waals surface area contributed by atoms with Crippen LogP contribution in [0.25, 0.3) is 0 Å². The van der Waals surface area contributed by atoms with Crippen LogP contribution in [-0.2, 0) is 11.3 Å². The summed E-state index contributed by atoms with van der Waals surface area (Å²) in [7, 11) is 0. The average Bonchev–Trinajstić information content (AvgIpc) is 2.33. The van der Waals surface area contributed by atoms with E-state index in [-0.39, 0.29) is 11.7 Å². The van der Waals surface area contributed by atoms with Gasteiger partial charge in [-0.2, -0.15) is 0 Å². The maximum absolute atomic E-state index is 6.51. The maximum atomic E-state index is 6.51. The second-order valence-electron chi connectivity index (χ2n) is 6.89. The summed E-state index contributed by atoms with van der Waals surface area (Å²) in [5, 5.41) is 4.24. The first-order valence-corrected chi connectivity index (χ1v) is 8.09. The lowest BCUT2D eigenvalue weighted by atomic mass is 10.0. The average molecular weight is 311 g/mol. The number of halogens is 1. The van der Waals surface area contributed by atoms with Gasteiger partial charge in [-0.25, -0.2) is 0 Å². The molecule has 1 aromatic rings. The van der Waals surface area contributed by atoms with Gasteiger partial charge in [-0.05, 0) is 38.5 Å². The molecule has 1 aromatic carbocycles. The van der Waals surface area contributed by atoms with Gasteiger partial charge >= 0.3 is 0 Å². The summed E-state index contributed by atoms with van der Waals surface area (Å²) in [6.45, 7) is 13.3. The predicted octanol–water partition coefficient (Wildman–Crippen LogP) is 3.84. The van der Waals surface area contributed by atoms with Crippen molar-refractivity contribution in [1.29, 1.82) is 0 Å². The van der Waals surface area contributed by atoms with Crippen LogP contribution in [0, 0.1) is 0 Å². The molecule has 0 radical (unpaired) electrons. The molecular weight excluding hydrogens is 284 g/mol. The Morgan fingerprint density at radius 1 is 1.43 bits per heavy atom. The number of benzene rings is 1. The zero-order chi connectivity index (χ0) is 15.6. The summed E-state index contributed by atoms with van der Waals surface area (Å²) in [4.78, 5) is 2.33. The summed E-state index contributed by atoms with van der Waals surface area (Å²) in [6, 6.07) is 6.83. The van der Waals surface area contributed by atoms with Gasteiger partial charge in [0.1, 0.15) is 0 Å². The van der Waals surface area contributed by atoms with Crippen LogP contribution >= 0.6 is 11.6 Å². The highest BCUT2D eigenvalue weighted by Crippen LogP contribution is 2.32. The van der Waals surface area contributed by atoms with E-state index in [2.05, 4.69) is 63.0 Å². The molecular formula is C17H27ClN2O. The molecule has 1 fully saturated rings. The number of rotatable bonds is 4. The summed E-state index contributed by atoms with van der Waals surface area (Å²) >= 11 is 6.51. The molecule has 1 heterocycles. The molecule has 0 amide bonds. The SMILES string of the molecule is CC(C)NCc1ccc(N2CC(C)OC(C)(C)C2)c(Cl)c1. The molecule has 1 N–H and O–H groups in total. The highest BCUT2D eigenvalue weighted by atomic mass is 35.5. The number of morpholine rings is 1. The van der Waals surface area contributed by atoms with Crippen molar-refractivity contribution >= 4 is 17.3 Å². The minimum Gasteiger partial charge on any atom is -0.369 e. The number of nitrogens with one attached hydrogen (secondary N) is 1. The standard InChI is InChI=1S/C17H27ClN2O/c1-12(2)19-9-14-6-7-16(15(18)8-14)20-10-13(3)21-17(4,5)11-20/h6-8,12-13,19H,9-11H2,1-5H3. The van der Waals surface area contributed by atoms with Gasteiger partial charge < -0.3 is 15.0 Å². The van der Waals surface area contributed by atoms with E-state index in [1.54, 1.807) is 0 Å². The Morgan fingerprint density at radius 3 is 2.71 bits per heavy atom. The van der Waals surface area contributed by atoms with Crippen LogP contribution in [0.1, 0.15) is 40.2 Å². The monoisotopic (exact) mass is 310 g/mol. The third-order valence-electron chi connectivity index (χ3n) is 3.64. The molecule has 2 rings (SSSR count). The summed E-state index contributed by atoms with van der Waals surface area (Å²) in [6.07, 6.45) is 0.215. The first kappa shape index (κ1) is 16.6. The molecule has 0 bridgehead atoms. The van der Waals surface area contributed by atoms with Crippen LogP contribution in [-0.4, -0.2) is 30.8 Å². The highest BCUT2D eigenvalue weighted by molar-refractivity contribution is 6.33. The van der Waals surface area contributed by atoms with Crippen molar-refractivity contribution in [2.45, 2.75) is 58.9 Å². The molecule has 0 aromatic heterocycles. The van der Waals surface area contributed by atoms with Crippen LogP contribution in [0.15, 0.2) is 18.2 Å². The molecule has 1 saturated heterocycles. The summed E-state index contributed by atoms with van der Waals surface area (Å²) in [5.74, 6) is 0. The van der Waals surface area contributed by atoms with E-state index in [1.165, 1.54) is 5.56 Å². The van der Waals surface area contributed by atoms with E-state index in [0.717, 1.165) is 30.3 Å². The number of nitrogens with zero attached hydrogens (tertiary/aromatic N) is 1. The van der Waals surface area contributed by atoms with Crippen molar-refractivity contribution in [2.24, 2.45) is 0 Å². The second-order valence-corrected chi connectivity index (χ2v) is 7.30. The molecule has 21 heavy (non-hydrogen) atoms. The zero-order valence-electron chi connectivity index (χ0n) is 13.7. The van der Waals surface area contributed by atoms with Crippen LogP contribution in [0.4, 0.5) is 5.69 Å². The van der Waals surface area contributed by atoms with Crippen molar-refractivity contribution in [3.8, 4) is 0 Å². The lowest BCUT2D eigenvalue weighted by Crippen LogP contribution is -2.52. The maximum Gasteiger partial charge on any atom is 0.0805 e. The van der Waals surface area contributed by atoms with Gasteiger partial charge in [0, 0.05) is 25.7 Å². The minimum absolute atomic E-state index is 0.140. The van der Waals surface area contributed by atoms with E-state index >= 15 is 0 Å². The number of anilines is 1. The lowest BCUT2D eigenvalue weighted by molar-refractivity contribution is -0.0749. The molecule has 1 atom stereocenters. The third-order valence-corrected chi connectivity index (χ3v) is 3.94. The van der Waals surface area contributed by atoms with Crippen molar-refractivity contribution in [1.82, 2.24) is 5.32 Å². The first-order valence-electron chi connectivity index (χ1n) is 7.71. The smallest absolute Gasteiger partial charge is 0.0805 e. The number of ether oxygens (including phenoxy) is 1. The van der Waals surface area contributed by atoms with Gasteiger partial charge in [0.15, 0.2) is 0 Å². The topological polar surface area (TPSA) is 24.5 Å². The molecule has 118 valence electrons. The molecule has 3 nitrogen and oxygen atoms in total. The van der Waals surface area contributed by atoms with Gasteiger partial charge in [-0.3, -0.25) is 0 Å². The Morgan fingerprint density at radius 2 is 2.14 bits per heavy atom. The van der Waals surface area contributed by atoms with E-state index < -0.39 is 0 Å². The fourth-order valence-corrected chi connectivity index (χ4v) is 3.20. The van der Waals surface area contributed by atoms with Crippen molar-refractivity contribution in [3.05, 3.63) is 28.8 Å². The molecule has 1 aliphatic heterocycles. The Hall–Kier alpha value is -0.770. The van der Waals surface area contributed by atoms with E-state index in [1.807, 2.05) is 0 Å². The zero-order valence-corrected chi connectivity index (χ0v) is 14.5. The normalized spacial score (nSPS) is 21.9. The Bertz CT molecular complexity index is 488. The Labute approximate surface area is 133 Å². The van der Waals surface area contributed by atoms with Crippen LogP contribution in [0.5, 0.6) is 0 Å². The molecule has 0 aliphatic carbocycles. The minimum atomic E-state index is -0.140. The van der Waals surface area contributed by atoms with E-state index in [0.29, 0.717) is 6.04 Å². The van der Waals surface area contributed by atoms with Gasteiger partial charge in [0.05, 0.1) is 22.4 Å². The summed E-state index contributed by atoms with van der Waals surface area (Å²) in [5.41, 5.74) is 2.19. The van der Waals surface area contributed by atoms with Crippen molar-refractivity contribution in [3.63, 3.8) is 0 Å². The molecule has 0 spiro atoms.